The van der Waals surface area contributed by atoms with Crippen molar-refractivity contribution in [2.45, 2.75) is 6.42 Å². The van der Waals surface area contributed by atoms with Crippen LogP contribution in [0.4, 0.5) is 0 Å². The molecule has 2 rings (SSSR count). The molecule has 0 amide bonds. The van der Waals surface area contributed by atoms with Gasteiger partial charge in [-0.05, 0) is 6.07 Å². The van der Waals surface area contributed by atoms with Crippen molar-refractivity contribution in [3.05, 3.63) is 29.8 Å². The summed E-state index contributed by atoms with van der Waals surface area (Å²) in [6, 6.07) is 7.91. The van der Waals surface area contributed by atoms with Crippen LogP contribution in [-0.2, 0) is 6.42 Å². The number of hydrogen-bond acceptors (Lipinski definition) is 2. The average Bonchev–Trinajstić information content (AvgIpc) is 2.05. The summed E-state index contributed by atoms with van der Waals surface area (Å²) in [6.07, 6.45) is 2.65. The van der Waals surface area contributed by atoms with Crippen molar-refractivity contribution in [3.8, 4) is 5.75 Å². The lowest BCUT2D eigenvalue weighted by atomic mass is 10.1. The molecule has 0 unspecified atom stereocenters. The maximum Gasteiger partial charge on any atom is 0.161 e. The molecule has 2 nitrogen and oxygen atoms in total. The van der Waals surface area contributed by atoms with E-state index in [1.807, 2.05) is 24.3 Å². The van der Waals surface area contributed by atoms with Gasteiger partial charge in [0.15, 0.2) is 5.75 Å². The highest BCUT2D eigenvalue weighted by atomic mass is 35.5. The van der Waals surface area contributed by atoms with Crippen LogP contribution >= 0.6 is 12.4 Å². The van der Waals surface area contributed by atoms with Crippen LogP contribution in [0, 0.1) is 0 Å². The second-order valence-corrected chi connectivity index (χ2v) is 2.19. The first-order chi connectivity index (χ1) is 4.97. The number of halogens is 1. The summed E-state index contributed by atoms with van der Waals surface area (Å²) in [6.45, 7) is 0. The van der Waals surface area contributed by atoms with Crippen molar-refractivity contribution in [2.75, 3.05) is 0 Å². The summed E-state index contributed by atoms with van der Waals surface area (Å²) < 4.78 is 0. The summed E-state index contributed by atoms with van der Waals surface area (Å²) in [5, 5.41) is 3.69. The molecule has 1 aromatic rings. The van der Waals surface area contributed by atoms with Crippen molar-refractivity contribution >= 4 is 18.6 Å². The molecule has 0 N–H and O–H groups in total. The normalized spacial score (nSPS) is 12.7. The fraction of sp³-hybridized carbons (Fsp3) is 0.125. The van der Waals surface area contributed by atoms with Crippen molar-refractivity contribution in [1.29, 1.82) is 0 Å². The van der Waals surface area contributed by atoms with Crippen molar-refractivity contribution in [3.63, 3.8) is 0 Å². The van der Waals surface area contributed by atoms with Crippen LogP contribution in [0.1, 0.15) is 5.56 Å². The third-order valence-corrected chi connectivity index (χ3v) is 1.51. The van der Waals surface area contributed by atoms with E-state index in [0.29, 0.717) is 0 Å². The van der Waals surface area contributed by atoms with Crippen LogP contribution in [0.15, 0.2) is 29.4 Å². The molecule has 0 saturated heterocycles. The van der Waals surface area contributed by atoms with Gasteiger partial charge in [-0.15, -0.1) is 12.4 Å². The molecule has 58 valence electrons. The van der Waals surface area contributed by atoms with Gasteiger partial charge < -0.3 is 4.84 Å². The molecule has 0 fully saturated rings. The van der Waals surface area contributed by atoms with Gasteiger partial charge in [0, 0.05) is 18.2 Å². The SMILES string of the molecule is C1=NOc2ccccc2C1.Cl. The van der Waals surface area contributed by atoms with E-state index in [9.17, 15) is 0 Å². The first-order valence-electron chi connectivity index (χ1n) is 3.23. The smallest absolute Gasteiger partial charge is 0.161 e. The molecule has 3 heteroatoms. The maximum absolute atomic E-state index is 4.99. The molecule has 0 saturated carbocycles. The number of nitrogens with zero attached hydrogens (tertiary/aromatic N) is 1. The Morgan fingerprint density at radius 1 is 1.27 bits per heavy atom. The number of para-hydroxylation sites is 1. The van der Waals surface area contributed by atoms with Crippen LogP contribution < -0.4 is 4.84 Å². The first-order valence-corrected chi connectivity index (χ1v) is 3.23. The lowest BCUT2D eigenvalue weighted by Gasteiger charge is -2.07. The van der Waals surface area contributed by atoms with Gasteiger partial charge in [-0.2, -0.15) is 0 Å². The van der Waals surface area contributed by atoms with E-state index in [0.717, 1.165) is 12.2 Å². The zero-order valence-electron chi connectivity index (χ0n) is 5.86. The molecule has 0 radical (unpaired) electrons. The van der Waals surface area contributed by atoms with Crippen molar-refractivity contribution in [2.24, 2.45) is 5.16 Å². The number of fused-ring (bicyclic) bond motifs is 1. The third-order valence-electron chi connectivity index (χ3n) is 1.51. The van der Waals surface area contributed by atoms with Crippen LogP contribution in [-0.4, -0.2) is 6.21 Å². The summed E-state index contributed by atoms with van der Waals surface area (Å²) in [5.41, 5.74) is 1.21. The van der Waals surface area contributed by atoms with Gasteiger partial charge in [-0.25, -0.2) is 0 Å². The van der Waals surface area contributed by atoms with E-state index in [1.54, 1.807) is 6.21 Å². The minimum atomic E-state index is 0. The van der Waals surface area contributed by atoms with E-state index in [1.165, 1.54) is 5.56 Å². The van der Waals surface area contributed by atoms with Crippen LogP contribution in [0.5, 0.6) is 5.75 Å². The van der Waals surface area contributed by atoms with Gasteiger partial charge in [0.25, 0.3) is 0 Å². The van der Waals surface area contributed by atoms with E-state index < -0.39 is 0 Å². The summed E-state index contributed by atoms with van der Waals surface area (Å²) in [7, 11) is 0. The zero-order valence-corrected chi connectivity index (χ0v) is 6.67. The Hall–Kier alpha value is -1.02. The molecular weight excluding hydrogens is 162 g/mol. The molecule has 0 aliphatic carbocycles. The molecule has 1 aromatic carbocycles. The lowest BCUT2D eigenvalue weighted by Crippen LogP contribution is -1.98. The summed E-state index contributed by atoms with van der Waals surface area (Å²) >= 11 is 0. The quantitative estimate of drug-likeness (QED) is 0.583. The van der Waals surface area contributed by atoms with Crippen molar-refractivity contribution < 1.29 is 4.84 Å². The van der Waals surface area contributed by atoms with E-state index in [4.69, 9.17) is 4.84 Å². The molecule has 1 heterocycles. The monoisotopic (exact) mass is 169 g/mol. The molecule has 0 spiro atoms. The highest BCUT2D eigenvalue weighted by molar-refractivity contribution is 5.85. The Labute approximate surface area is 71.3 Å². The van der Waals surface area contributed by atoms with Crippen LogP contribution in [0.25, 0.3) is 0 Å². The van der Waals surface area contributed by atoms with Gasteiger partial charge in [0.1, 0.15) is 0 Å². The fourth-order valence-corrected chi connectivity index (χ4v) is 0.991. The number of hydrogen-bond donors (Lipinski definition) is 0. The van der Waals surface area contributed by atoms with Crippen molar-refractivity contribution in [1.82, 2.24) is 0 Å². The molecule has 0 bridgehead atoms. The Balaban J connectivity index is 0.000000605. The predicted octanol–water partition coefficient (Wildman–Crippen LogP) is 2.03. The highest BCUT2D eigenvalue weighted by Gasteiger charge is 2.03. The summed E-state index contributed by atoms with van der Waals surface area (Å²) in [4.78, 5) is 4.99. The Morgan fingerprint density at radius 3 is 2.91 bits per heavy atom. The van der Waals surface area contributed by atoms with Gasteiger partial charge in [-0.3, -0.25) is 0 Å². The molecular formula is C8H8ClNO. The van der Waals surface area contributed by atoms with E-state index in [-0.39, 0.29) is 12.4 Å². The van der Waals surface area contributed by atoms with Crippen LogP contribution in [0.2, 0.25) is 0 Å². The molecule has 0 atom stereocenters. The third kappa shape index (κ3) is 1.52. The molecule has 11 heavy (non-hydrogen) atoms. The predicted molar refractivity (Wildman–Crippen MR) is 46.5 cm³/mol. The van der Waals surface area contributed by atoms with Gasteiger partial charge >= 0.3 is 0 Å². The maximum atomic E-state index is 4.99. The summed E-state index contributed by atoms with van der Waals surface area (Å²) in [5.74, 6) is 0.880. The lowest BCUT2D eigenvalue weighted by molar-refractivity contribution is 0.334. The Morgan fingerprint density at radius 2 is 2.09 bits per heavy atom. The number of benzene rings is 1. The topological polar surface area (TPSA) is 21.6 Å². The van der Waals surface area contributed by atoms with Gasteiger partial charge in [-0.1, -0.05) is 23.4 Å². The number of oxime groups is 1. The largest absolute Gasteiger partial charge is 0.357 e. The second-order valence-electron chi connectivity index (χ2n) is 2.19. The molecule has 1 aliphatic heterocycles. The van der Waals surface area contributed by atoms with Gasteiger partial charge in [0.05, 0.1) is 0 Å². The fourth-order valence-electron chi connectivity index (χ4n) is 0.991. The molecule has 0 aromatic heterocycles. The number of rotatable bonds is 0. The van der Waals surface area contributed by atoms with Gasteiger partial charge in [0.2, 0.25) is 0 Å². The Bertz CT molecular complexity index is 246. The zero-order chi connectivity index (χ0) is 6.81. The average molecular weight is 170 g/mol. The van der Waals surface area contributed by atoms with E-state index in [2.05, 4.69) is 5.16 Å². The minimum Gasteiger partial charge on any atom is -0.357 e. The highest BCUT2D eigenvalue weighted by Crippen LogP contribution is 2.20. The Kier molecular flexibility index (Phi) is 2.49. The standard InChI is InChI=1S/C8H7NO.ClH/c1-2-4-8-7(3-1)5-6-9-10-8;/h1-4,6H,5H2;1H. The second kappa shape index (κ2) is 3.39. The van der Waals surface area contributed by atoms with E-state index >= 15 is 0 Å². The van der Waals surface area contributed by atoms with Crippen LogP contribution in [0.3, 0.4) is 0 Å². The molecule has 1 aliphatic rings. The first kappa shape index (κ1) is 8.08. The minimum absolute atomic E-state index is 0.